The fourth-order valence-corrected chi connectivity index (χ4v) is 6.35. The second kappa shape index (κ2) is 8.14. The van der Waals surface area contributed by atoms with Gasteiger partial charge in [0, 0.05) is 18.4 Å². The van der Waals surface area contributed by atoms with Crippen LogP contribution in [0.15, 0.2) is 11.8 Å². The molecule has 4 N–H and O–H groups in total. The molecule has 7 atom stereocenters. The number of ether oxygens (including phenoxy) is 1. The van der Waals surface area contributed by atoms with Gasteiger partial charge >= 0.3 is 5.97 Å². The Kier molecular flexibility index (Phi) is 6.42. The number of carbonyl (C=O) groups is 3. The Bertz CT molecular complexity index is 908. The smallest absolute Gasteiger partial charge is 0.319 e. The Morgan fingerprint density at radius 2 is 1.68 bits per heavy atom. The molecule has 0 aromatic heterocycles. The van der Waals surface area contributed by atoms with Gasteiger partial charge in [-0.1, -0.05) is 13.8 Å². The first-order valence-electron chi connectivity index (χ1n) is 12.2. The minimum absolute atomic E-state index is 0.0105. The lowest BCUT2D eigenvalue weighted by Gasteiger charge is -2.52. The summed E-state index contributed by atoms with van der Waals surface area (Å²) in [6.07, 6.45) is 0.778. The van der Waals surface area contributed by atoms with Gasteiger partial charge in [-0.15, -0.1) is 0 Å². The summed E-state index contributed by atoms with van der Waals surface area (Å²) in [5.74, 6) is -3.64. The lowest BCUT2D eigenvalue weighted by atomic mass is 9.52. The van der Waals surface area contributed by atoms with Gasteiger partial charge in [-0.2, -0.15) is 0 Å². The molecule has 8 heteroatoms. The van der Waals surface area contributed by atoms with E-state index in [2.05, 4.69) is 0 Å². The first-order valence-corrected chi connectivity index (χ1v) is 12.2. The maximum Gasteiger partial charge on any atom is 0.319 e. The highest BCUT2D eigenvalue weighted by Crippen LogP contribution is 2.61. The van der Waals surface area contributed by atoms with Crippen LogP contribution in [0, 0.1) is 28.6 Å². The number of ketones is 2. The molecule has 0 aromatic rings. The van der Waals surface area contributed by atoms with E-state index in [-0.39, 0.29) is 25.2 Å². The molecule has 2 aliphatic carbocycles. The summed E-state index contributed by atoms with van der Waals surface area (Å²) in [6, 6.07) is 0. The molecule has 3 aliphatic rings. The minimum atomic E-state index is -1.77. The molecule has 8 nitrogen and oxygen atoms in total. The van der Waals surface area contributed by atoms with Crippen molar-refractivity contribution in [2.75, 3.05) is 0 Å². The van der Waals surface area contributed by atoms with E-state index in [0.29, 0.717) is 12.8 Å². The number of fused-ring (bicyclic) bond motifs is 1. The third-order valence-corrected chi connectivity index (χ3v) is 8.63. The number of hydrogen-bond acceptors (Lipinski definition) is 8. The van der Waals surface area contributed by atoms with Crippen LogP contribution in [0.5, 0.6) is 0 Å². The molecule has 1 saturated heterocycles. The van der Waals surface area contributed by atoms with Gasteiger partial charge in [-0.05, 0) is 72.1 Å². The Balaban J connectivity index is 2.16. The molecule has 1 aliphatic heterocycles. The average Bonchev–Trinajstić information content (AvgIpc) is 3.17. The van der Waals surface area contributed by atoms with Crippen LogP contribution in [0.1, 0.15) is 80.6 Å². The van der Waals surface area contributed by atoms with Crippen LogP contribution in [-0.2, 0) is 19.1 Å². The number of esters is 1. The van der Waals surface area contributed by atoms with Gasteiger partial charge in [0.2, 0.25) is 0 Å². The Morgan fingerprint density at radius 1 is 1.09 bits per heavy atom. The van der Waals surface area contributed by atoms with Crippen LogP contribution in [0.4, 0.5) is 0 Å². The second-order valence-corrected chi connectivity index (χ2v) is 12.4. The normalized spacial score (nSPS) is 43.1. The second-order valence-electron chi connectivity index (χ2n) is 12.4. The number of hydrogen-bond donors (Lipinski definition) is 4. The van der Waals surface area contributed by atoms with E-state index >= 15 is 0 Å². The lowest BCUT2D eigenvalue weighted by molar-refractivity contribution is -0.168. The van der Waals surface area contributed by atoms with E-state index in [0.717, 1.165) is 6.08 Å². The highest BCUT2D eigenvalue weighted by molar-refractivity contribution is 6.09. The Morgan fingerprint density at radius 3 is 2.18 bits per heavy atom. The summed E-state index contributed by atoms with van der Waals surface area (Å²) in [7, 11) is 0. The number of cyclic esters (lactones) is 1. The van der Waals surface area contributed by atoms with E-state index in [1.165, 1.54) is 20.8 Å². The van der Waals surface area contributed by atoms with Gasteiger partial charge in [0.25, 0.3) is 0 Å². The molecule has 0 radical (unpaired) electrons. The average molecular weight is 481 g/mol. The molecule has 3 rings (SSSR count). The lowest BCUT2D eigenvalue weighted by Crippen LogP contribution is -2.58. The summed E-state index contributed by atoms with van der Waals surface area (Å²) in [5, 5.41) is 44.4. The monoisotopic (exact) mass is 480 g/mol. The van der Waals surface area contributed by atoms with Crippen LogP contribution in [0.2, 0.25) is 0 Å². The summed E-state index contributed by atoms with van der Waals surface area (Å²) in [5.41, 5.74) is -7.48. The maximum atomic E-state index is 14.3. The molecule has 1 heterocycles. The summed E-state index contributed by atoms with van der Waals surface area (Å²) >= 11 is 0. The molecule has 3 fully saturated rings. The summed E-state index contributed by atoms with van der Waals surface area (Å²) < 4.78 is 5.39. The predicted octanol–water partition coefficient (Wildman–Crippen LogP) is 2.62. The molecule has 192 valence electrons. The van der Waals surface area contributed by atoms with Crippen LogP contribution in [0.3, 0.4) is 0 Å². The van der Waals surface area contributed by atoms with E-state index < -0.39 is 68.9 Å². The van der Waals surface area contributed by atoms with Gasteiger partial charge in [-0.25, -0.2) is 0 Å². The standard InChI is InChI=1S/C26H40O8/c1-14(2)17(27)10-18(28)26(11-16-15(25(7,33)13-26)8-9-24(16,6)32)20(29)23(5)12-19(22(3,4)31)34-21(23)30/h10,14-16,19,28,31-33H,8-9,11-13H2,1-7H3/t15-,16+,19-,23-,24-,25-,26+/m0/s1. The van der Waals surface area contributed by atoms with Crippen LogP contribution < -0.4 is 0 Å². The highest BCUT2D eigenvalue weighted by Gasteiger charge is 2.67. The summed E-state index contributed by atoms with van der Waals surface area (Å²) in [6.45, 7) is 11.0. The van der Waals surface area contributed by atoms with Crippen LogP contribution >= 0.6 is 0 Å². The van der Waals surface area contributed by atoms with Crippen molar-refractivity contribution >= 4 is 17.5 Å². The fourth-order valence-electron chi connectivity index (χ4n) is 6.35. The highest BCUT2D eigenvalue weighted by atomic mass is 16.6. The van der Waals surface area contributed by atoms with Gasteiger partial charge in [0.05, 0.1) is 22.2 Å². The fraction of sp³-hybridized carbons (Fsp3) is 0.808. The summed E-state index contributed by atoms with van der Waals surface area (Å²) in [4.78, 5) is 39.9. The molecular formula is C26H40O8. The first-order chi connectivity index (χ1) is 15.3. The molecule has 2 saturated carbocycles. The molecule has 0 aromatic carbocycles. The number of aliphatic hydroxyl groups excluding tert-OH is 1. The van der Waals surface area contributed by atoms with E-state index in [1.807, 2.05) is 0 Å². The third kappa shape index (κ3) is 4.22. The Hall–Kier alpha value is -1.77. The van der Waals surface area contributed by atoms with Gasteiger partial charge in [0.15, 0.2) is 11.6 Å². The van der Waals surface area contributed by atoms with Gasteiger partial charge in [-0.3, -0.25) is 14.4 Å². The molecule has 34 heavy (non-hydrogen) atoms. The Labute approximate surface area is 201 Å². The van der Waals surface area contributed by atoms with Gasteiger partial charge < -0.3 is 25.2 Å². The number of carbonyl (C=O) groups excluding carboxylic acids is 3. The largest absolute Gasteiger partial charge is 0.511 e. The zero-order valence-corrected chi connectivity index (χ0v) is 21.3. The van der Waals surface area contributed by atoms with Crippen molar-refractivity contribution in [3.05, 3.63) is 11.8 Å². The molecule has 0 amide bonds. The van der Waals surface area contributed by atoms with Crippen molar-refractivity contribution in [1.29, 1.82) is 0 Å². The van der Waals surface area contributed by atoms with Crippen molar-refractivity contribution in [3.8, 4) is 0 Å². The first kappa shape index (κ1) is 26.8. The number of aliphatic hydroxyl groups is 4. The molecule has 0 unspecified atom stereocenters. The SMILES string of the molecule is CC(C)C(=O)C=C(O)[C@@]1(C(=O)[C@]2(C)C[C@@H](C(C)(C)O)OC2=O)C[C@@H]2[C@H](CC[C@]2(C)O)[C@@](C)(O)C1. The van der Waals surface area contributed by atoms with Crippen molar-refractivity contribution in [1.82, 2.24) is 0 Å². The molecular weight excluding hydrogens is 440 g/mol. The van der Waals surface area contributed by atoms with Crippen molar-refractivity contribution in [3.63, 3.8) is 0 Å². The quantitative estimate of drug-likeness (QED) is 0.197. The molecule has 0 spiro atoms. The predicted molar refractivity (Wildman–Crippen MR) is 124 cm³/mol. The van der Waals surface area contributed by atoms with Crippen LogP contribution in [-0.4, -0.2) is 60.9 Å². The van der Waals surface area contributed by atoms with Gasteiger partial charge in [0.1, 0.15) is 17.3 Å². The zero-order valence-electron chi connectivity index (χ0n) is 21.3. The number of allylic oxidation sites excluding steroid dienone is 2. The third-order valence-electron chi connectivity index (χ3n) is 8.63. The van der Waals surface area contributed by atoms with E-state index in [1.54, 1.807) is 27.7 Å². The van der Waals surface area contributed by atoms with Crippen molar-refractivity contribution in [2.24, 2.45) is 28.6 Å². The van der Waals surface area contributed by atoms with E-state index in [4.69, 9.17) is 4.74 Å². The minimum Gasteiger partial charge on any atom is -0.511 e. The molecule has 0 bridgehead atoms. The van der Waals surface area contributed by atoms with E-state index in [9.17, 15) is 34.8 Å². The van der Waals surface area contributed by atoms with Crippen LogP contribution in [0.25, 0.3) is 0 Å². The number of rotatable bonds is 6. The number of Topliss-reactive ketones (excluding diaryl/α,β-unsaturated/α-hetero) is 1. The zero-order chi connectivity index (χ0) is 26.1. The topological polar surface area (TPSA) is 141 Å². The van der Waals surface area contributed by atoms with Crippen molar-refractivity contribution in [2.45, 2.75) is 103 Å². The van der Waals surface area contributed by atoms with Crippen molar-refractivity contribution < 1.29 is 39.5 Å². The maximum absolute atomic E-state index is 14.3.